The number of hydrogen-bond acceptors (Lipinski definition) is 3. The van der Waals surface area contributed by atoms with Crippen molar-refractivity contribution in [1.29, 1.82) is 0 Å². The molecular formula is C22H26N2O2. The number of methoxy groups -OCH3 is 1. The van der Waals surface area contributed by atoms with Crippen LogP contribution in [-0.2, 0) is 13.0 Å². The molecule has 4 nitrogen and oxygen atoms in total. The smallest absolute Gasteiger partial charge is 0.255 e. The fourth-order valence-corrected chi connectivity index (χ4v) is 4.44. The molecule has 2 aliphatic rings. The van der Waals surface area contributed by atoms with Crippen molar-refractivity contribution in [3.8, 4) is 5.75 Å². The van der Waals surface area contributed by atoms with E-state index in [1.54, 1.807) is 7.11 Å². The van der Waals surface area contributed by atoms with E-state index >= 15 is 0 Å². The van der Waals surface area contributed by atoms with Gasteiger partial charge in [0.25, 0.3) is 5.91 Å². The van der Waals surface area contributed by atoms with E-state index in [2.05, 4.69) is 42.3 Å². The van der Waals surface area contributed by atoms with Crippen LogP contribution < -0.4 is 10.1 Å². The zero-order valence-corrected chi connectivity index (χ0v) is 15.7. The van der Waals surface area contributed by atoms with Gasteiger partial charge in [-0.15, -0.1) is 0 Å². The molecule has 1 amide bonds. The Morgan fingerprint density at radius 1 is 1.19 bits per heavy atom. The quantitative estimate of drug-likeness (QED) is 0.920. The maximum absolute atomic E-state index is 13.4. The molecule has 26 heavy (non-hydrogen) atoms. The van der Waals surface area contributed by atoms with E-state index in [-0.39, 0.29) is 11.9 Å². The zero-order valence-electron chi connectivity index (χ0n) is 15.7. The summed E-state index contributed by atoms with van der Waals surface area (Å²) in [6.07, 6.45) is 1.00. The molecular weight excluding hydrogens is 324 g/mol. The van der Waals surface area contributed by atoms with Gasteiger partial charge in [0, 0.05) is 31.1 Å². The molecule has 0 spiro atoms. The van der Waals surface area contributed by atoms with Crippen LogP contribution in [0.5, 0.6) is 5.75 Å². The second-order valence-corrected chi connectivity index (χ2v) is 7.35. The lowest BCUT2D eigenvalue weighted by Gasteiger charge is -2.39. The number of ether oxygens (including phenoxy) is 1. The number of hydrogen-bond donors (Lipinski definition) is 1. The van der Waals surface area contributed by atoms with Gasteiger partial charge in [-0.3, -0.25) is 4.79 Å². The van der Waals surface area contributed by atoms with E-state index in [1.807, 2.05) is 18.2 Å². The van der Waals surface area contributed by atoms with Crippen molar-refractivity contribution in [1.82, 2.24) is 10.2 Å². The van der Waals surface area contributed by atoms with Crippen LogP contribution in [0.3, 0.4) is 0 Å². The maximum atomic E-state index is 13.4. The molecule has 1 saturated heterocycles. The van der Waals surface area contributed by atoms with Crippen LogP contribution in [-0.4, -0.2) is 37.0 Å². The normalized spacial score (nSPS) is 21.5. The summed E-state index contributed by atoms with van der Waals surface area (Å²) in [7, 11) is 1.67. The van der Waals surface area contributed by atoms with Gasteiger partial charge in [-0.25, -0.2) is 0 Å². The Balaban J connectivity index is 1.74. The molecule has 4 heteroatoms. The minimum Gasteiger partial charge on any atom is -0.497 e. The molecule has 2 aromatic rings. The van der Waals surface area contributed by atoms with Gasteiger partial charge >= 0.3 is 0 Å². The fourth-order valence-electron chi connectivity index (χ4n) is 4.44. The van der Waals surface area contributed by atoms with E-state index in [1.165, 1.54) is 11.1 Å². The highest BCUT2D eigenvalue weighted by atomic mass is 16.5. The Morgan fingerprint density at radius 2 is 2.04 bits per heavy atom. The van der Waals surface area contributed by atoms with Crippen LogP contribution in [0.4, 0.5) is 0 Å². The van der Waals surface area contributed by atoms with Crippen LogP contribution in [0.25, 0.3) is 0 Å². The number of carbonyl (C=O) groups excluding carboxylic acids is 1. The van der Waals surface area contributed by atoms with Gasteiger partial charge in [-0.05, 0) is 47.7 Å². The first-order chi connectivity index (χ1) is 12.6. The molecule has 1 N–H and O–H groups in total. The molecule has 2 aliphatic heterocycles. The average Bonchev–Trinajstić information content (AvgIpc) is 3.14. The molecule has 0 aliphatic carbocycles. The largest absolute Gasteiger partial charge is 0.497 e. The summed E-state index contributed by atoms with van der Waals surface area (Å²) in [4.78, 5) is 15.5. The maximum Gasteiger partial charge on any atom is 0.255 e. The number of rotatable bonds is 4. The Labute approximate surface area is 155 Å². The lowest BCUT2D eigenvalue weighted by molar-refractivity contribution is 0.0629. The second kappa shape index (κ2) is 6.76. The summed E-state index contributed by atoms with van der Waals surface area (Å²) < 4.78 is 5.34. The number of fused-ring (bicyclic) bond motifs is 3. The standard InChI is InChI=1S/C22H26N2O2/c1-4-15-8-14(2)21-18(10-15)19-11-23-12-20(19)24(22(21)25)13-16-6-5-7-17(9-16)26-3/h5-10,19-20,23H,4,11-13H2,1-3H3. The van der Waals surface area contributed by atoms with E-state index in [0.717, 1.165) is 42.0 Å². The Morgan fingerprint density at radius 3 is 2.81 bits per heavy atom. The third-order valence-corrected chi connectivity index (χ3v) is 5.78. The lowest BCUT2D eigenvalue weighted by atomic mass is 9.81. The molecule has 0 bridgehead atoms. The highest BCUT2D eigenvalue weighted by Gasteiger charge is 2.43. The zero-order chi connectivity index (χ0) is 18.3. The summed E-state index contributed by atoms with van der Waals surface area (Å²) in [5.74, 6) is 1.36. The molecule has 0 aromatic heterocycles. The summed E-state index contributed by atoms with van der Waals surface area (Å²) in [6, 6.07) is 12.7. The fraction of sp³-hybridized carbons (Fsp3) is 0.409. The molecule has 2 atom stereocenters. The van der Waals surface area contributed by atoms with Crippen molar-refractivity contribution in [2.24, 2.45) is 0 Å². The third-order valence-electron chi connectivity index (χ3n) is 5.78. The van der Waals surface area contributed by atoms with Crippen molar-refractivity contribution in [3.05, 3.63) is 64.2 Å². The summed E-state index contributed by atoms with van der Waals surface area (Å²) in [6.45, 7) is 6.66. The molecule has 2 heterocycles. The molecule has 2 aromatic carbocycles. The molecule has 2 unspecified atom stereocenters. The van der Waals surface area contributed by atoms with E-state index in [4.69, 9.17) is 4.74 Å². The van der Waals surface area contributed by atoms with E-state index < -0.39 is 0 Å². The monoisotopic (exact) mass is 350 g/mol. The Bertz CT molecular complexity index is 846. The van der Waals surface area contributed by atoms with Crippen LogP contribution >= 0.6 is 0 Å². The van der Waals surface area contributed by atoms with Gasteiger partial charge in [-0.1, -0.05) is 31.2 Å². The summed E-state index contributed by atoms with van der Waals surface area (Å²) >= 11 is 0. The highest BCUT2D eigenvalue weighted by Crippen LogP contribution is 2.38. The highest BCUT2D eigenvalue weighted by molar-refractivity contribution is 5.99. The van der Waals surface area contributed by atoms with Crippen LogP contribution in [0.15, 0.2) is 36.4 Å². The molecule has 1 fully saturated rings. The number of amides is 1. The van der Waals surface area contributed by atoms with Crippen molar-refractivity contribution < 1.29 is 9.53 Å². The van der Waals surface area contributed by atoms with Crippen LogP contribution in [0, 0.1) is 6.92 Å². The van der Waals surface area contributed by atoms with E-state index in [9.17, 15) is 4.79 Å². The first kappa shape index (κ1) is 17.1. The van der Waals surface area contributed by atoms with Crippen molar-refractivity contribution >= 4 is 5.91 Å². The van der Waals surface area contributed by atoms with Crippen molar-refractivity contribution in [2.45, 2.75) is 38.8 Å². The number of benzene rings is 2. The molecule has 0 saturated carbocycles. The van der Waals surface area contributed by atoms with E-state index in [0.29, 0.717) is 12.5 Å². The lowest BCUT2D eigenvalue weighted by Crippen LogP contribution is -2.48. The number of aryl methyl sites for hydroxylation is 2. The predicted octanol–water partition coefficient (Wildman–Crippen LogP) is 3.28. The van der Waals surface area contributed by atoms with Gasteiger partial charge in [0.15, 0.2) is 0 Å². The number of carbonyl (C=O) groups is 1. The predicted molar refractivity (Wildman–Crippen MR) is 103 cm³/mol. The van der Waals surface area contributed by atoms with Crippen molar-refractivity contribution in [2.75, 3.05) is 20.2 Å². The van der Waals surface area contributed by atoms with Gasteiger partial charge in [-0.2, -0.15) is 0 Å². The third kappa shape index (κ3) is 2.78. The summed E-state index contributed by atoms with van der Waals surface area (Å²) in [5.41, 5.74) is 5.68. The van der Waals surface area contributed by atoms with Gasteiger partial charge < -0.3 is 15.0 Å². The molecule has 136 valence electrons. The number of nitrogens with zero attached hydrogens (tertiary/aromatic N) is 1. The average molecular weight is 350 g/mol. The van der Waals surface area contributed by atoms with Crippen LogP contribution in [0.2, 0.25) is 0 Å². The number of nitrogens with one attached hydrogen (secondary N) is 1. The Kier molecular flexibility index (Phi) is 4.45. The molecule has 0 radical (unpaired) electrons. The Hall–Kier alpha value is -2.33. The van der Waals surface area contributed by atoms with Gasteiger partial charge in [0.05, 0.1) is 13.2 Å². The van der Waals surface area contributed by atoms with Crippen molar-refractivity contribution in [3.63, 3.8) is 0 Å². The summed E-state index contributed by atoms with van der Waals surface area (Å²) in [5, 5.41) is 3.50. The molecule has 4 rings (SSSR count). The first-order valence-corrected chi connectivity index (χ1v) is 9.40. The second-order valence-electron chi connectivity index (χ2n) is 7.35. The van der Waals surface area contributed by atoms with Crippen LogP contribution in [0.1, 0.15) is 45.5 Å². The first-order valence-electron chi connectivity index (χ1n) is 9.40. The SMILES string of the molecule is CCc1cc(C)c2c(c1)C1CNCC1N(Cc1cccc(OC)c1)C2=O. The van der Waals surface area contributed by atoms with Gasteiger partial charge in [0.2, 0.25) is 0 Å². The minimum atomic E-state index is 0.160. The topological polar surface area (TPSA) is 41.6 Å². The van der Waals surface area contributed by atoms with Gasteiger partial charge in [0.1, 0.15) is 5.75 Å². The minimum absolute atomic E-state index is 0.160.